The minimum atomic E-state index is 0.709. The van der Waals surface area contributed by atoms with Crippen molar-refractivity contribution in [3.63, 3.8) is 0 Å². The van der Waals surface area contributed by atoms with Crippen molar-refractivity contribution in [1.82, 2.24) is 10.2 Å². The summed E-state index contributed by atoms with van der Waals surface area (Å²) in [6.45, 7) is 9.40. The first kappa shape index (κ1) is 14.0. The molecule has 0 saturated heterocycles. The van der Waals surface area contributed by atoms with E-state index in [1.807, 2.05) is 0 Å². The van der Waals surface area contributed by atoms with E-state index >= 15 is 0 Å². The highest BCUT2D eigenvalue weighted by Gasteiger charge is 2.27. The molecule has 2 nitrogen and oxygen atoms in total. The second-order valence-electron chi connectivity index (χ2n) is 5.58. The van der Waals surface area contributed by atoms with E-state index in [1.54, 1.807) is 0 Å². The molecule has 96 valence electrons. The van der Waals surface area contributed by atoms with Gasteiger partial charge in [-0.15, -0.1) is 0 Å². The third-order valence-electron chi connectivity index (χ3n) is 3.83. The van der Waals surface area contributed by atoms with Gasteiger partial charge < -0.3 is 5.32 Å². The largest absolute Gasteiger partial charge is 0.315 e. The minimum Gasteiger partial charge on any atom is -0.315 e. The van der Waals surface area contributed by atoms with Crippen molar-refractivity contribution in [1.29, 1.82) is 0 Å². The zero-order chi connectivity index (χ0) is 12.0. The lowest BCUT2D eigenvalue weighted by Gasteiger charge is -2.36. The highest BCUT2D eigenvalue weighted by molar-refractivity contribution is 4.86. The van der Waals surface area contributed by atoms with Gasteiger partial charge in [0.15, 0.2) is 0 Å². The van der Waals surface area contributed by atoms with Crippen LogP contribution in [0.15, 0.2) is 0 Å². The fourth-order valence-corrected chi connectivity index (χ4v) is 3.03. The van der Waals surface area contributed by atoms with Crippen LogP contribution >= 0.6 is 0 Å². The van der Waals surface area contributed by atoms with Crippen LogP contribution in [-0.4, -0.2) is 37.1 Å². The molecule has 1 aliphatic carbocycles. The topological polar surface area (TPSA) is 15.3 Å². The summed E-state index contributed by atoms with van der Waals surface area (Å²) in [6.07, 6.45) is 6.98. The molecular weight excluding hydrogens is 196 g/mol. The Kier molecular flexibility index (Phi) is 6.37. The Morgan fingerprint density at radius 1 is 1.19 bits per heavy atom. The molecule has 16 heavy (non-hydrogen) atoms. The van der Waals surface area contributed by atoms with Gasteiger partial charge in [0, 0.05) is 18.6 Å². The van der Waals surface area contributed by atoms with Gasteiger partial charge >= 0.3 is 0 Å². The first-order valence-electron chi connectivity index (χ1n) is 7.10. The van der Waals surface area contributed by atoms with Gasteiger partial charge in [-0.25, -0.2) is 0 Å². The van der Waals surface area contributed by atoms with Crippen LogP contribution in [0.2, 0.25) is 0 Å². The predicted molar refractivity (Wildman–Crippen MR) is 71.8 cm³/mol. The first-order chi connectivity index (χ1) is 7.69. The molecule has 0 heterocycles. The summed E-state index contributed by atoms with van der Waals surface area (Å²) < 4.78 is 0. The van der Waals surface area contributed by atoms with Gasteiger partial charge in [-0.2, -0.15) is 0 Å². The van der Waals surface area contributed by atoms with E-state index in [2.05, 4.69) is 38.0 Å². The Balaban J connectivity index is 2.62. The number of nitrogens with one attached hydrogen (secondary N) is 1. The third-order valence-corrected chi connectivity index (χ3v) is 3.83. The molecule has 0 aliphatic heterocycles. The average molecular weight is 226 g/mol. The van der Waals surface area contributed by atoms with E-state index in [1.165, 1.54) is 45.2 Å². The second-order valence-corrected chi connectivity index (χ2v) is 5.58. The smallest absolute Gasteiger partial charge is 0.0249 e. The summed E-state index contributed by atoms with van der Waals surface area (Å²) in [5.74, 6) is 0.778. The number of hydrogen-bond donors (Lipinski definition) is 1. The minimum absolute atomic E-state index is 0.709. The molecule has 0 amide bonds. The Hall–Kier alpha value is -0.0800. The van der Waals surface area contributed by atoms with Crippen molar-refractivity contribution in [2.24, 2.45) is 5.92 Å². The normalized spacial score (nSPS) is 27.4. The maximum absolute atomic E-state index is 3.54. The van der Waals surface area contributed by atoms with Crippen LogP contribution in [0.5, 0.6) is 0 Å². The molecule has 1 saturated carbocycles. The fourth-order valence-electron chi connectivity index (χ4n) is 3.03. The molecule has 2 heteroatoms. The number of nitrogens with zero attached hydrogens (tertiary/aromatic N) is 1. The maximum Gasteiger partial charge on any atom is 0.0249 e. The zero-order valence-electron chi connectivity index (χ0n) is 11.6. The van der Waals surface area contributed by atoms with E-state index in [-0.39, 0.29) is 0 Å². The van der Waals surface area contributed by atoms with Crippen LogP contribution < -0.4 is 5.32 Å². The molecule has 0 bridgehead atoms. The third kappa shape index (κ3) is 4.06. The van der Waals surface area contributed by atoms with Crippen molar-refractivity contribution in [2.45, 2.75) is 65.0 Å². The number of likely N-dealkylation sites (N-methyl/N-ethyl adjacent to an activating group) is 2. The molecule has 1 fully saturated rings. The van der Waals surface area contributed by atoms with Gasteiger partial charge in [0.25, 0.3) is 0 Å². The SMILES string of the molecule is CCN(CC(C)C)C1CCCCCC1NC. The van der Waals surface area contributed by atoms with Crippen molar-refractivity contribution in [3.05, 3.63) is 0 Å². The Labute approximate surface area is 102 Å². The molecule has 0 aromatic heterocycles. The lowest BCUT2D eigenvalue weighted by Crippen LogP contribution is -2.49. The molecule has 0 spiro atoms. The Bertz CT molecular complexity index is 180. The van der Waals surface area contributed by atoms with Crippen molar-refractivity contribution < 1.29 is 0 Å². The maximum atomic E-state index is 3.54. The summed E-state index contributed by atoms with van der Waals surface area (Å²) in [4.78, 5) is 2.69. The van der Waals surface area contributed by atoms with E-state index in [0.29, 0.717) is 6.04 Å². The molecule has 1 aliphatic rings. The molecule has 0 aromatic carbocycles. The van der Waals surface area contributed by atoms with Crippen molar-refractivity contribution in [3.8, 4) is 0 Å². The van der Waals surface area contributed by atoms with Gasteiger partial charge in [-0.1, -0.05) is 40.0 Å². The van der Waals surface area contributed by atoms with Gasteiger partial charge in [-0.3, -0.25) is 4.90 Å². The van der Waals surface area contributed by atoms with E-state index in [9.17, 15) is 0 Å². The Morgan fingerprint density at radius 3 is 2.44 bits per heavy atom. The highest BCUT2D eigenvalue weighted by Crippen LogP contribution is 2.23. The highest BCUT2D eigenvalue weighted by atomic mass is 15.2. The summed E-state index contributed by atoms with van der Waals surface area (Å²) in [6, 6.07) is 1.47. The van der Waals surface area contributed by atoms with Gasteiger partial charge in [0.05, 0.1) is 0 Å². The van der Waals surface area contributed by atoms with Gasteiger partial charge in [0.2, 0.25) is 0 Å². The van der Waals surface area contributed by atoms with E-state index in [4.69, 9.17) is 0 Å². The lowest BCUT2D eigenvalue weighted by molar-refractivity contribution is 0.142. The monoisotopic (exact) mass is 226 g/mol. The molecule has 2 atom stereocenters. The molecule has 0 aromatic rings. The summed E-state index contributed by atoms with van der Waals surface area (Å²) in [5.41, 5.74) is 0. The number of hydrogen-bond acceptors (Lipinski definition) is 2. The van der Waals surface area contributed by atoms with Crippen LogP contribution in [0.1, 0.15) is 52.9 Å². The van der Waals surface area contributed by atoms with Crippen LogP contribution in [0, 0.1) is 5.92 Å². The van der Waals surface area contributed by atoms with Gasteiger partial charge in [0.1, 0.15) is 0 Å². The van der Waals surface area contributed by atoms with E-state index in [0.717, 1.165) is 12.0 Å². The predicted octanol–water partition coefficient (Wildman–Crippen LogP) is 2.89. The average Bonchev–Trinajstić information content (AvgIpc) is 2.50. The van der Waals surface area contributed by atoms with Crippen molar-refractivity contribution in [2.75, 3.05) is 20.1 Å². The fraction of sp³-hybridized carbons (Fsp3) is 1.00. The molecule has 1 rings (SSSR count). The zero-order valence-corrected chi connectivity index (χ0v) is 11.6. The molecule has 2 unspecified atom stereocenters. The van der Waals surface area contributed by atoms with Crippen LogP contribution in [-0.2, 0) is 0 Å². The number of rotatable bonds is 5. The van der Waals surface area contributed by atoms with Crippen LogP contribution in [0.25, 0.3) is 0 Å². The second kappa shape index (κ2) is 7.29. The first-order valence-corrected chi connectivity index (χ1v) is 7.10. The Morgan fingerprint density at radius 2 is 1.88 bits per heavy atom. The standard InChI is InChI=1S/C14H30N2/c1-5-16(11-12(2)3)14-10-8-6-7-9-13(14)15-4/h12-15H,5-11H2,1-4H3. The van der Waals surface area contributed by atoms with Crippen LogP contribution in [0.3, 0.4) is 0 Å². The quantitative estimate of drug-likeness (QED) is 0.725. The lowest BCUT2D eigenvalue weighted by atomic mass is 10.00. The van der Waals surface area contributed by atoms with Gasteiger partial charge in [-0.05, 0) is 32.4 Å². The summed E-state index contributed by atoms with van der Waals surface area (Å²) in [7, 11) is 2.13. The molecule has 0 radical (unpaired) electrons. The van der Waals surface area contributed by atoms with E-state index < -0.39 is 0 Å². The molecular formula is C14H30N2. The summed E-state index contributed by atoms with van der Waals surface area (Å²) >= 11 is 0. The summed E-state index contributed by atoms with van der Waals surface area (Å²) in [5, 5.41) is 3.54. The molecule has 1 N–H and O–H groups in total. The van der Waals surface area contributed by atoms with Crippen LogP contribution in [0.4, 0.5) is 0 Å². The van der Waals surface area contributed by atoms with Crippen molar-refractivity contribution >= 4 is 0 Å².